The maximum absolute atomic E-state index is 11.7. The average molecular weight is 317 g/mol. The molecule has 0 aliphatic heterocycles. The third-order valence-electron chi connectivity index (χ3n) is 5.00. The van der Waals surface area contributed by atoms with E-state index >= 15 is 0 Å². The predicted molar refractivity (Wildman–Crippen MR) is 94.8 cm³/mol. The Bertz CT molecular complexity index is 917. The van der Waals surface area contributed by atoms with Crippen molar-refractivity contribution in [3.8, 4) is 11.1 Å². The van der Waals surface area contributed by atoms with Gasteiger partial charge in [0.1, 0.15) is 0 Å². The van der Waals surface area contributed by atoms with Gasteiger partial charge in [-0.3, -0.25) is 10.0 Å². The van der Waals surface area contributed by atoms with Crippen LogP contribution in [0.1, 0.15) is 17.5 Å². The maximum Gasteiger partial charge on any atom is 0.246 e. The van der Waals surface area contributed by atoms with Crippen molar-refractivity contribution in [2.24, 2.45) is 5.92 Å². The number of rotatable bonds is 2. The number of hydrogen-bond acceptors (Lipinski definition) is 2. The van der Waals surface area contributed by atoms with Gasteiger partial charge in [0.15, 0.2) is 0 Å². The molecule has 1 unspecified atom stereocenters. The number of nitrogens with one attached hydrogen (secondary N) is 1. The van der Waals surface area contributed by atoms with Crippen LogP contribution in [0.25, 0.3) is 21.9 Å². The van der Waals surface area contributed by atoms with Crippen LogP contribution < -0.4 is 5.48 Å². The molecule has 0 radical (unpaired) electrons. The number of hydrogen-bond donors (Lipinski definition) is 2. The van der Waals surface area contributed by atoms with Crippen LogP contribution in [0.3, 0.4) is 0 Å². The van der Waals surface area contributed by atoms with Gasteiger partial charge in [0, 0.05) is 5.92 Å². The molecule has 3 aromatic rings. The van der Waals surface area contributed by atoms with E-state index in [1.165, 1.54) is 33.0 Å². The Labute approximate surface area is 140 Å². The first-order valence-corrected chi connectivity index (χ1v) is 8.29. The number of carbonyl (C=O) groups is 1. The van der Waals surface area contributed by atoms with E-state index in [1.807, 2.05) is 6.07 Å². The first kappa shape index (κ1) is 14.9. The lowest BCUT2D eigenvalue weighted by atomic mass is 9.82. The van der Waals surface area contributed by atoms with Crippen LogP contribution in [0, 0.1) is 5.92 Å². The van der Waals surface area contributed by atoms with Gasteiger partial charge in [0.2, 0.25) is 5.91 Å². The Hall–Kier alpha value is -2.65. The third-order valence-corrected chi connectivity index (χ3v) is 5.00. The summed E-state index contributed by atoms with van der Waals surface area (Å²) < 4.78 is 0. The van der Waals surface area contributed by atoms with E-state index in [0.29, 0.717) is 6.42 Å². The molecule has 0 bridgehead atoms. The topological polar surface area (TPSA) is 49.3 Å². The van der Waals surface area contributed by atoms with Crippen molar-refractivity contribution in [1.82, 2.24) is 5.48 Å². The van der Waals surface area contributed by atoms with Gasteiger partial charge in [-0.1, -0.05) is 54.6 Å². The molecule has 1 aliphatic carbocycles. The van der Waals surface area contributed by atoms with Gasteiger partial charge in [-0.2, -0.15) is 0 Å². The van der Waals surface area contributed by atoms with Crippen molar-refractivity contribution >= 4 is 16.7 Å². The minimum absolute atomic E-state index is 0.144. The van der Waals surface area contributed by atoms with Gasteiger partial charge in [-0.05, 0) is 58.4 Å². The molecular formula is C21H19NO2. The lowest BCUT2D eigenvalue weighted by molar-refractivity contribution is -0.133. The Morgan fingerprint density at radius 3 is 2.50 bits per heavy atom. The normalized spacial score (nSPS) is 16.6. The van der Waals surface area contributed by atoms with Crippen LogP contribution in [0.5, 0.6) is 0 Å². The molecule has 1 aliphatic rings. The number of amides is 1. The summed E-state index contributed by atoms with van der Waals surface area (Å²) in [5, 5.41) is 11.3. The summed E-state index contributed by atoms with van der Waals surface area (Å²) in [6, 6.07) is 21.4. The van der Waals surface area contributed by atoms with Gasteiger partial charge in [0.25, 0.3) is 0 Å². The zero-order valence-corrected chi connectivity index (χ0v) is 13.3. The Balaban J connectivity index is 1.70. The minimum Gasteiger partial charge on any atom is -0.289 e. The zero-order chi connectivity index (χ0) is 16.5. The van der Waals surface area contributed by atoms with Crippen LogP contribution in [0.2, 0.25) is 0 Å². The van der Waals surface area contributed by atoms with E-state index in [2.05, 4.69) is 54.6 Å². The first-order valence-electron chi connectivity index (χ1n) is 8.29. The molecule has 4 rings (SSSR count). The molecule has 0 saturated heterocycles. The smallest absolute Gasteiger partial charge is 0.246 e. The lowest BCUT2D eigenvalue weighted by Crippen LogP contribution is -2.31. The summed E-state index contributed by atoms with van der Waals surface area (Å²) >= 11 is 0. The Morgan fingerprint density at radius 2 is 1.67 bits per heavy atom. The highest BCUT2D eigenvalue weighted by Crippen LogP contribution is 2.31. The van der Waals surface area contributed by atoms with Crippen molar-refractivity contribution in [2.45, 2.75) is 19.3 Å². The number of benzene rings is 3. The molecular weight excluding hydrogens is 298 g/mol. The van der Waals surface area contributed by atoms with Gasteiger partial charge in [-0.25, -0.2) is 5.48 Å². The van der Waals surface area contributed by atoms with E-state index in [1.54, 1.807) is 5.48 Å². The summed E-state index contributed by atoms with van der Waals surface area (Å²) in [5.41, 5.74) is 6.67. The maximum atomic E-state index is 11.7. The second-order valence-corrected chi connectivity index (χ2v) is 6.46. The van der Waals surface area contributed by atoms with Gasteiger partial charge in [0.05, 0.1) is 0 Å². The quantitative estimate of drug-likeness (QED) is 0.552. The molecule has 3 aromatic carbocycles. The Morgan fingerprint density at radius 1 is 0.917 bits per heavy atom. The lowest BCUT2D eigenvalue weighted by Gasteiger charge is -2.23. The van der Waals surface area contributed by atoms with E-state index in [9.17, 15) is 4.79 Å². The molecule has 24 heavy (non-hydrogen) atoms. The highest BCUT2D eigenvalue weighted by atomic mass is 16.5. The van der Waals surface area contributed by atoms with Gasteiger partial charge in [-0.15, -0.1) is 0 Å². The van der Waals surface area contributed by atoms with Gasteiger partial charge >= 0.3 is 0 Å². The molecule has 3 nitrogen and oxygen atoms in total. The monoisotopic (exact) mass is 317 g/mol. The molecule has 0 aromatic heterocycles. The fourth-order valence-electron chi connectivity index (χ4n) is 3.62. The minimum atomic E-state index is -0.281. The standard InChI is InChI=1S/C21H19NO2/c23-21(22-24)19-10-7-15-6-9-18(12-20(15)13-19)17-8-5-14-3-1-2-4-16(14)11-17/h1-6,8-9,11-12,19,24H,7,10,13H2,(H,22,23). The van der Waals surface area contributed by atoms with Crippen LogP contribution in [-0.2, 0) is 17.6 Å². The summed E-state index contributed by atoms with van der Waals surface area (Å²) in [6.45, 7) is 0. The molecule has 1 amide bonds. The van der Waals surface area contributed by atoms with Crippen LogP contribution in [0.4, 0.5) is 0 Å². The van der Waals surface area contributed by atoms with E-state index in [-0.39, 0.29) is 11.8 Å². The summed E-state index contributed by atoms with van der Waals surface area (Å²) in [7, 11) is 0. The van der Waals surface area contributed by atoms with Crippen molar-refractivity contribution in [3.63, 3.8) is 0 Å². The summed E-state index contributed by atoms with van der Waals surface area (Å²) in [5.74, 6) is -0.425. The third kappa shape index (κ3) is 2.68. The highest BCUT2D eigenvalue weighted by molar-refractivity contribution is 5.87. The van der Waals surface area contributed by atoms with Crippen molar-refractivity contribution in [2.75, 3.05) is 0 Å². The van der Waals surface area contributed by atoms with Crippen molar-refractivity contribution in [3.05, 3.63) is 71.8 Å². The van der Waals surface area contributed by atoms with E-state index in [0.717, 1.165) is 12.8 Å². The van der Waals surface area contributed by atoms with E-state index < -0.39 is 0 Å². The van der Waals surface area contributed by atoms with E-state index in [4.69, 9.17) is 5.21 Å². The predicted octanol–water partition coefficient (Wildman–Crippen LogP) is 4.12. The molecule has 0 saturated carbocycles. The average Bonchev–Trinajstić information content (AvgIpc) is 2.66. The molecule has 120 valence electrons. The number of aryl methyl sites for hydroxylation is 1. The molecule has 0 heterocycles. The SMILES string of the molecule is O=C(NO)C1CCc2ccc(-c3ccc4ccccc4c3)cc2C1. The fraction of sp³-hybridized carbons (Fsp3) is 0.190. The largest absolute Gasteiger partial charge is 0.289 e. The van der Waals surface area contributed by atoms with Crippen LogP contribution in [-0.4, -0.2) is 11.1 Å². The molecule has 0 spiro atoms. The van der Waals surface area contributed by atoms with Crippen LogP contribution in [0.15, 0.2) is 60.7 Å². The van der Waals surface area contributed by atoms with Crippen LogP contribution >= 0.6 is 0 Å². The second-order valence-electron chi connectivity index (χ2n) is 6.46. The number of carbonyl (C=O) groups excluding carboxylic acids is 1. The first-order chi connectivity index (χ1) is 11.7. The van der Waals surface area contributed by atoms with Crippen molar-refractivity contribution in [1.29, 1.82) is 0 Å². The molecule has 2 N–H and O–H groups in total. The summed E-state index contributed by atoms with van der Waals surface area (Å²) in [4.78, 5) is 11.7. The molecule has 1 atom stereocenters. The zero-order valence-electron chi connectivity index (χ0n) is 13.3. The fourth-order valence-corrected chi connectivity index (χ4v) is 3.62. The Kier molecular flexibility index (Phi) is 3.79. The molecule has 0 fully saturated rings. The van der Waals surface area contributed by atoms with Gasteiger partial charge < -0.3 is 0 Å². The van der Waals surface area contributed by atoms with Crippen molar-refractivity contribution < 1.29 is 10.0 Å². The highest BCUT2D eigenvalue weighted by Gasteiger charge is 2.24. The second kappa shape index (κ2) is 6.10. The number of fused-ring (bicyclic) bond motifs is 2. The number of hydroxylamine groups is 1. The molecule has 3 heteroatoms. The summed E-state index contributed by atoms with van der Waals surface area (Å²) in [6.07, 6.45) is 2.35.